The minimum atomic E-state index is -3.01. The van der Waals surface area contributed by atoms with Crippen LogP contribution in [-0.4, -0.2) is 25.0 Å². The van der Waals surface area contributed by atoms with Crippen molar-refractivity contribution in [3.8, 4) is 0 Å². The number of sulfone groups is 1. The minimum absolute atomic E-state index is 0.0639. The van der Waals surface area contributed by atoms with E-state index in [-0.39, 0.29) is 11.2 Å². The Morgan fingerprint density at radius 3 is 2.76 bits per heavy atom. The molecule has 0 heterocycles. The molecule has 0 amide bonds. The molecule has 0 aromatic heterocycles. The van der Waals surface area contributed by atoms with Crippen molar-refractivity contribution in [3.63, 3.8) is 0 Å². The molecule has 4 heteroatoms. The van der Waals surface area contributed by atoms with Crippen molar-refractivity contribution < 1.29 is 13.5 Å². The zero-order chi connectivity index (χ0) is 15.3. The Hall–Kier alpha value is -0.870. The molecule has 1 fully saturated rings. The molecule has 0 saturated heterocycles. The SMILES string of the molecule is Cc1ccc2c(c1)C(O)(C1CCCC(S(C)(=O)=O)C1)CC2. The molecule has 3 unspecified atom stereocenters. The van der Waals surface area contributed by atoms with Gasteiger partial charge in [0.25, 0.3) is 0 Å². The lowest BCUT2D eigenvalue weighted by molar-refractivity contribution is -0.0363. The van der Waals surface area contributed by atoms with E-state index < -0.39 is 15.4 Å². The number of benzene rings is 1. The molecule has 1 aromatic rings. The minimum Gasteiger partial charge on any atom is -0.385 e. The molecule has 3 atom stereocenters. The van der Waals surface area contributed by atoms with Crippen LogP contribution in [0.1, 0.15) is 48.8 Å². The molecule has 1 N–H and O–H groups in total. The third kappa shape index (κ3) is 2.64. The normalized spacial score (nSPS) is 32.9. The standard InChI is InChI=1S/C17H24O3S/c1-12-6-7-13-8-9-17(18,16(13)10-12)14-4-3-5-15(11-14)21(2,19)20/h6-7,10,14-15,18H,3-5,8-9,11H2,1-2H3. The highest BCUT2D eigenvalue weighted by atomic mass is 32.2. The Morgan fingerprint density at radius 1 is 1.29 bits per heavy atom. The van der Waals surface area contributed by atoms with E-state index >= 15 is 0 Å². The highest BCUT2D eigenvalue weighted by molar-refractivity contribution is 7.91. The quantitative estimate of drug-likeness (QED) is 0.914. The van der Waals surface area contributed by atoms with Gasteiger partial charge in [-0.3, -0.25) is 0 Å². The van der Waals surface area contributed by atoms with Gasteiger partial charge in [0.15, 0.2) is 0 Å². The van der Waals surface area contributed by atoms with Gasteiger partial charge in [0.05, 0.1) is 10.9 Å². The number of hydrogen-bond acceptors (Lipinski definition) is 3. The summed E-state index contributed by atoms with van der Waals surface area (Å²) in [6.07, 6.45) is 6.12. The van der Waals surface area contributed by atoms with Crippen molar-refractivity contribution >= 4 is 9.84 Å². The summed E-state index contributed by atoms with van der Waals surface area (Å²) in [4.78, 5) is 0. The van der Waals surface area contributed by atoms with Crippen LogP contribution in [0.2, 0.25) is 0 Å². The first-order chi connectivity index (χ1) is 9.80. The van der Waals surface area contributed by atoms with Crippen LogP contribution in [0.4, 0.5) is 0 Å². The van der Waals surface area contributed by atoms with Gasteiger partial charge < -0.3 is 5.11 Å². The van der Waals surface area contributed by atoms with Gasteiger partial charge in [-0.15, -0.1) is 0 Å². The summed E-state index contributed by atoms with van der Waals surface area (Å²) < 4.78 is 23.7. The monoisotopic (exact) mass is 308 g/mol. The number of fused-ring (bicyclic) bond motifs is 1. The number of aliphatic hydroxyl groups is 1. The molecule has 0 aliphatic heterocycles. The average molecular weight is 308 g/mol. The van der Waals surface area contributed by atoms with Crippen LogP contribution in [0, 0.1) is 12.8 Å². The van der Waals surface area contributed by atoms with E-state index in [1.165, 1.54) is 11.8 Å². The lowest BCUT2D eigenvalue weighted by Gasteiger charge is -2.39. The summed E-state index contributed by atoms with van der Waals surface area (Å²) in [5.41, 5.74) is 2.60. The highest BCUT2D eigenvalue weighted by Gasteiger charge is 2.46. The number of hydrogen-bond donors (Lipinski definition) is 1. The summed E-state index contributed by atoms with van der Waals surface area (Å²) in [5.74, 6) is 0.0639. The van der Waals surface area contributed by atoms with Crippen LogP contribution in [0.25, 0.3) is 0 Å². The van der Waals surface area contributed by atoms with Gasteiger partial charge in [-0.1, -0.05) is 30.2 Å². The maximum absolute atomic E-state index is 11.9. The lowest BCUT2D eigenvalue weighted by atomic mass is 9.73. The molecule has 116 valence electrons. The van der Waals surface area contributed by atoms with Gasteiger partial charge in [0, 0.05) is 6.26 Å². The third-order valence-electron chi connectivity index (χ3n) is 5.41. The Morgan fingerprint density at radius 2 is 2.05 bits per heavy atom. The molecule has 21 heavy (non-hydrogen) atoms. The van der Waals surface area contributed by atoms with Gasteiger partial charge in [-0.05, 0) is 56.1 Å². The van der Waals surface area contributed by atoms with Crippen LogP contribution in [0.3, 0.4) is 0 Å². The van der Waals surface area contributed by atoms with Gasteiger partial charge in [-0.25, -0.2) is 8.42 Å². The maximum Gasteiger partial charge on any atom is 0.150 e. The van der Waals surface area contributed by atoms with Crippen molar-refractivity contribution in [1.82, 2.24) is 0 Å². The molecule has 1 aromatic carbocycles. The first kappa shape index (κ1) is 15.0. The molecule has 3 rings (SSSR count). The topological polar surface area (TPSA) is 54.4 Å². The van der Waals surface area contributed by atoms with Gasteiger partial charge in [0.2, 0.25) is 0 Å². The Labute approximate surface area is 127 Å². The summed E-state index contributed by atoms with van der Waals surface area (Å²) in [5, 5.41) is 11.0. The predicted octanol–water partition coefficient (Wildman–Crippen LogP) is 2.73. The third-order valence-corrected chi connectivity index (χ3v) is 7.05. The fourth-order valence-electron chi connectivity index (χ4n) is 4.16. The summed E-state index contributed by atoms with van der Waals surface area (Å²) in [7, 11) is -3.01. The van der Waals surface area contributed by atoms with Gasteiger partial charge in [-0.2, -0.15) is 0 Å². The molecule has 2 aliphatic carbocycles. The second-order valence-electron chi connectivity index (χ2n) is 6.90. The second kappa shape index (κ2) is 5.10. The van der Waals surface area contributed by atoms with Crippen LogP contribution < -0.4 is 0 Å². The van der Waals surface area contributed by atoms with Gasteiger partial charge in [0.1, 0.15) is 9.84 Å². The summed E-state index contributed by atoms with van der Waals surface area (Å²) in [6, 6.07) is 6.29. The zero-order valence-corrected chi connectivity index (χ0v) is 13.6. The fourth-order valence-corrected chi connectivity index (χ4v) is 5.34. The predicted molar refractivity (Wildman–Crippen MR) is 84.0 cm³/mol. The Balaban J connectivity index is 1.92. The Kier molecular flexibility index (Phi) is 3.65. The molecule has 1 saturated carbocycles. The molecule has 0 spiro atoms. The van der Waals surface area contributed by atoms with Crippen molar-refractivity contribution in [1.29, 1.82) is 0 Å². The van der Waals surface area contributed by atoms with Crippen molar-refractivity contribution in [3.05, 3.63) is 34.9 Å². The van der Waals surface area contributed by atoms with E-state index in [9.17, 15) is 13.5 Å². The molecular formula is C17H24O3S. The van der Waals surface area contributed by atoms with Crippen molar-refractivity contribution in [2.75, 3.05) is 6.26 Å². The first-order valence-electron chi connectivity index (χ1n) is 7.82. The number of rotatable bonds is 2. The van der Waals surface area contributed by atoms with E-state index in [1.54, 1.807) is 0 Å². The summed E-state index contributed by atoms with van der Waals surface area (Å²) >= 11 is 0. The first-order valence-corrected chi connectivity index (χ1v) is 9.77. The Bertz CT molecular complexity index is 650. The van der Waals surface area contributed by atoms with Crippen LogP contribution in [0.5, 0.6) is 0 Å². The fraction of sp³-hybridized carbons (Fsp3) is 0.647. The second-order valence-corrected chi connectivity index (χ2v) is 9.23. The maximum atomic E-state index is 11.9. The highest BCUT2D eigenvalue weighted by Crippen LogP contribution is 2.48. The van der Waals surface area contributed by atoms with E-state index in [4.69, 9.17) is 0 Å². The van der Waals surface area contributed by atoms with Crippen LogP contribution in [0.15, 0.2) is 18.2 Å². The summed E-state index contributed by atoms with van der Waals surface area (Å²) in [6.45, 7) is 2.04. The average Bonchev–Trinajstić information content (AvgIpc) is 2.77. The van der Waals surface area contributed by atoms with Crippen LogP contribution >= 0.6 is 0 Å². The molecule has 0 radical (unpaired) electrons. The van der Waals surface area contributed by atoms with E-state index in [0.717, 1.165) is 43.2 Å². The van der Waals surface area contributed by atoms with E-state index in [2.05, 4.69) is 18.2 Å². The largest absolute Gasteiger partial charge is 0.385 e. The molecular weight excluding hydrogens is 284 g/mol. The molecule has 3 nitrogen and oxygen atoms in total. The lowest BCUT2D eigenvalue weighted by Crippen LogP contribution is -2.39. The molecule has 2 aliphatic rings. The van der Waals surface area contributed by atoms with Gasteiger partial charge >= 0.3 is 0 Å². The van der Waals surface area contributed by atoms with Crippen molar-refractivity contribution in [2.45, 2.75) is 56.3 Å². The zero-order valence-electron chi connectivity index (χ0n) is 12.8. The molecule has 0 bridgehead atoms. The van der Waals surface area contributed by atoms with E-state index in [0.29, 0.717) is 6.42 Å². The van der Waals surface area contributed by atoms with Crippen molar-refractivity contribution in [2.24, 2.45) is 5.92 Å². The van der Waals surface area contributed by atoms with E-state index in [1.807, 2.05) is 6.92 Å². The number of aryl methyl sites for hydroxylation is 2. The van der Waals surface area contributed by atoms with Crippen LogP contribution in [-0.2, 0) is 21.9 Å². The smallest absolute Gasteiger partial charge is 0.150 e.